The van der Waals surface area contributed by atoms with Crippen LogP contribution in [0, 0.1) is 15.9 Å². The van der Waals surface area contributed by atoms with Gasteiger partial charge in [-0.1, -0.05) is 12.1 Å². The molecule has 0 bridgehead atoms. The number of nitrogens with zero attached hydrogens (tertiary/aromatic N) is 1. The molecule has 0 aromatic heterocycles. The van der Waals surface area contributed by atoms with E-state index in [2.05, 4.69) is 5.32 Å². The molecule has 0 heterocycles. The van der Waals surface area contributed by atoms with Crippen molar-refractivity contribution < 1.29 is 14.4 Å². The zero-order chi connectivity index (χ0) is 14.5. The Kier molecular flexibility index (Phi) is 4.27. The van der Waals surface area contributed by atoms with Gasteiger partial charge >= 0.3 is 0 Å². The maximum atomic E-state index is 13.2. The molecule has 0 atom stereocenters. The van der Waals surface area contributed by atoms with Gasteiger partial charge in [0.2, 0.25) is 0 Å². The van der Waals surface area contributed by atoms with Gasteiger partial charge in [0, 0.05) is 19.2 Å². The maximum Gasteiger partial charge on any atom is 0.272 e. The molecule has 0 spiro atoms. The van der Waals surface area contributed by atoms with Crippen LogP contribution in [0.1, 0.15) is 11.1 Å². The van der Waals surface area contributed by atoms with Crippen LogP contribution in [-0.4, -0.2) is 10.0 Å². The van der Waals surface area contributed by atoms with Crippen LogP contribution in [0.5, 0.6) is 5.75 Å². The Morgan fingerprint density at radius 1 is 1.10 bits per heavy atom. The van der Waals surface area contributed by atoms with E-state index in [9.17, 15) is 14.5 Å². The molecular weight excluding hydrogens is 263 g/mol. The van der Waals surface area contributed by atoms with Gasteiger partial charge in [-0.2, -0.15) is 0 Å². The fourth-order valence-electron chi connectivity index (χ4n) is 1.81. The molecule has 0 radical (unpaired) electrons. The molecule has 104 valence electrons. The van der Waals surface area contributed by atoms with Crippen LogP contribution in [0.2, 0.25) is 0 Å². The summed E-state index contributed by atoms with van der Waals surface area (Å²) in [5.41, 5.74) is 1.20. The van der Waals surface area contributed by atoms with Crippen molar-refractivity contribution in [3.63, 3.8) is 0 Å². The molecule has 6 heteroatoms. The first-order chi connectivity index (χ1) is 9.54. The van der Waals surface area contributed by atoms with Crippen molar-refractivity contribution in [2.75, 3.05) is 0 Å². The predicted octanol–water partition coefficient (Wildman–Crippen LogP) is 2.73. The monoisotopic (exact) mass is 276 g/mol. The summed E-state index contributed by atoms with van der Waals surface area (Å²) in [5, 5.41) is 22.8. The summed E-state index contributed by atoms with van der Waals surface area (Å²) >= 11 is 0. The van der Waals surface area contributed by atoms with Crippen molar-refractivity contribution in [3.8, 4) is 5.75 Å². The van der Waals surface area contributed by atoms with Gasteiger partial charge < -0.3 is 10.4 Å². The van der Waals surface area contributed by atoms with E-state index in [0.717, 1.165) is 11.6 Å². The van der Waals surface area contributed by atoms with Gasteiger partial charge in [0.05, 0.1) is 11.0 Å². The second-order valence-electron chi connectivity index (χ2n) is 4.34. The molecule has 2 rings (SSSR count). The molecule has 2 aromatic carbocycles. The molecule has 0 unspecified atom stereocenters. The van der Waals surface area contributed by atoms with Crippen molar-refractivity contribution >= 4 is 5.69 Å². The number of nitro benzene ring substituents is 1. The van der Waals surface area contributed by atoms with Crippen LogP contribution in [0.4, 0.5) is 10.1 Å². The van der Waals surface area contributed by atoms with E-state index in [1.165, 1.54) is 12.1 Å². The third-order valence-electron chi connectivity index (χ3n) is 2.75. The number of halogens is 1. The topological polar surface area (TPSA) is 75.4 Å². The molecule has 5 nitrogen and oxygen atoms in total. The summed E-state index contributed by atoms with van der Waals surface area (Å²) in [6.07, 6.45) is 0. The van der Waals surface area contributed by atoms with Crippen molar-refractivity contribution in [3.05, 3.63) is 69.5 Å². The molecule has 0 fully saturated rings. The zero-order valence-electron chi connectivity index (χ0n) is 10.5. The lowest BCUT2D eigenvalue weighted by Gasteiger charge is -2.06. The summed E-state index contributed by atoms with van der Waals surface area (Å²) < 4.78 is 13.2. The molecule has 2 N–H and O–H groups in total. The fourth-order valence-corrected chi connectivity index (χ4v) is 1.81. The number of phenolic OH excluding ortho intramolecular Hbond substituents is 1. The summed E-state index contributed by atoms with van der Waals surface area (Å²) in [4.78, 5) is 10.0. The summed E-state index contributed by atoms with van der Waals surface area (Å²) in [7, 11) is 0. The van der Waals surface area contributed by atoms with Gasteiger partial charge in [0.25, 0.3) is 5.69 Å². The molecule has 0 aliphatic heterocycles. The highest BCUT2D eigenvalue weighted by molar-refractivity contribution is 5.35. The van der Waals surface area contributed by atoms with Crippen molar-refractivity contribution in [1.82, 2.24) is 5.32 Å². The third-order valence-corrected chi connectivity index (χ3v) is 2.75. The smallest absolute Gasteiger partial charge is 0.272 e. The molecule has 0 aliphatic carbocycles. The number of nitro groups is 1. The normalized spacial score (nSPS) is 10.4. The second-order valence-corrected chi connectivity index (χ2v) is 4.34. The molecule has 0 aliphatic rings. The summed E-state index contributed by atoms with van der Waals surface area (Å²) in [6, 6.07) is 10.2. The average Bonchev–Trinajstić information content (AvgIpc) is 2.40. The molecule has 20 heavy (non-hydrogen) atoms. The van der Waals surface area contributed by atoms with Gasteiger partial charge in [-0.3, -0.25) is 10.1 Å². The van der Waals surface area contributed by atoms with E-state index in [4.69, 9.17) is 5.11 Å². The van der Waals surface area contributed by atoms with Crippen LogP contribution in [0.25, 0.3) is 0 Å². The lowest BCUT2D eigenvalue weighted by Crippen LogP contribution is -2.12. The Hall–Kier alpha value is -2.47. The van der Waals surface area contributed by atoms with Crippen molar-refractivity contribution in [2.45, 2.75) is 13.1 Å². The number of aromatic hydroxyl groups is 1. The molecule has 0 saturated heterocycles. The number of phenols is 1. The number of nitrogens with one attached hydrogen (secondary N) is 1. The first kappa shape index (κ1) is 14.0. The standard InChI is InChI=1S/C14H13FN2O3/c15-12-5-11(6-13(7-12)17(19)20)9-16-8-10-1-3-14(18)4-2-10/h1-7,16,18H,8-9H2. The SMILES string of the molecule is O=[N+]([O-])c1cc(F)cc(CNCc2ccc(O)cc2)c1. The Morgan fingerprint density at radius 2 is 1.75 bits per heavy atom. The highest BCUT2D eigenvalue weighted by Gasteiger charge is 2.09. The number of non-ortho nitro benzene ring substituents is 1. The first-order valence-corrected chi connectivity index (χ1v) is 5.97. The van der Waals surface area contributed by atoms with Gasteiger partial charge in [-0.15, -0.1) is 0 Å². The quantitative estimate of drug-likeness (QED) is 0.650. The molecular formula is C14H13FN2O3. The molecule has 0 amide bonds. The highest BCUT2D eigenvalue weighted by atomic mass is 19.1. The van der Waals surface area contributed by atoms with Gasteiger partial charge in [0.1, 0.15) is 11.6 Å². The minimum Gasteiger partial charge on any atom is -0.508 e. The second kappa shape index (κ2) is 6.12. The Labute approximate surface area is 114 Å². The minimum atomic E-state index is -0.624. The Balaban J connectivity index is 1.97. The van der Waals surface area contributed by atoms with E-state index >= 15 is 0 Å². The number of benzene rings is 2. The average molecular weight is 276 g/mol. The van der Waals surface area contributed by atoms with Crippen LogP contribution in [0.3, 0.4) is 0 Å². The molecule has 2 aromatic rings. The van der Waals surface area contributed by atoms with E-state index in [1.807, 2.05) is 0 Å². The first-order valence-electron chi connectivity index (χ1n) is 5.97. The lowest BCUT2D eigenvalue weighted by molar-refractivity contribution is -0.385. The molecule has 0 saturated carbocycles. The van der Waals surface area contributed by atoms with Crippen LogP contribution < -0.4 is 5.32 Å². The van der Waals surface area contributed by atoms with Crippen molar-refractivity contribution in [1.29, 1.82) is 0 Å². The third kappa shape index (κ3) is 3.76. The van der Waals surface area contributed by atoms with Gasteiger partial charge in [-0.05, 0) is 29.3 Å². The predicted molar refractivity (Wildman–Crippen MR) is 71.7 cm³/mol. The number of hydrogen-bond acceptors (Lipinski definition) is 4. The van der Waals surface area contributed by atoms with E-state index in [-0.39, 0.29) is 11.4 Å². The van der Waals surface area contributed by atoms with Crippen LogP contribution >= 0.6 is 0 Å². The zero-order valence-corrected chi connectivity index (χ0v) is 10.5. The largest absolute Gasteiger partial charge is 0.508 e. The lowest BCUT2D eigenvalue weighted by atomic mass is 10.1. The Morgan fingerprint density at radius 3 is 2.40 bits per heavy atom. The Bertz CT molecular complexity index is 614. The maximum absolute atomic E-state index is 13.2. The van der Waals surface area contributed by atoms with Crippen LogP contribution in [-0.2, 0) is 13.1 Å². The van der Waals surface area contributed by atoms with Crippen molar-refractivity contribution in [2.24, 2.45) is 0 Å². The van der Waals surface area contributed by atoms with E-state index < -0.39 is 10.7 Å². The fraction of sp³-hybridized carbons (Fsp3) is 0.143. The summed E-state index contributed by atoms with van der Waals surface area (Å²) in [5.74, 6) is -0.435. The highest BCUT2D eigenvalue weighted by Crippen LogP contribution is 2.16. The summed E-state index contributed by atoms with van der Waals surface area (Å²) in [6.45, 7) is 0.837. The van der Waals surface area contributed by atoms with E-state index in [0.29, 0.717) is 18.7 Å². The van der Waals surface area contributed by atoms with Gasteiger partial charge in [-0.25, -0.2) is 4.39 Å². The van der Waals surface area contributed by atoms with Crippen LogP contribution in [0.15, 0.2) is 42.5 Å². The number of rotatable bonds is 5. The van der Waals surface area contributed by atoms with Gasteiger partial charge in [0.15, 0.2) is 0 Å². The van der Waals surface area contributed by atoms with E-state index in [1.54, 1.807) is 24.3 Å². The minimum absolute atomic E-state index is 0.189. The number of hydrogen-bond donors (Lipinski definition) is 2.